The molecule has 2 heterocycles. The zero-order chi connectivity index (χ0) is 15.8. The fraction of sp³-hybridized carbons (Fsp3) is 0.105. The van der Waals surface area contributed by atoms with Gasteiger partial charge in [0.15, 0.2) is 0 Å². The topological polar surface area (TPSA) is 43.3 Å². The lowest BCUT2D eigenvalue weighted by molar-refractivity contribution is 0.628. The number of fused-ring (bicyclic) bond motifs is 1. The van der Waals surface area contributed by atoms with Crippen molar-refractivity contribution in [2.45, 2.75) is 12.3 Å². The summed E-state index contributed by atoms with van der Waals surface area (Å²) in [5.41, 5.74) is 10.8. The van der Waals surface area contributed by atoms with Gasteiger partial charge in [0.25, 0.3) is 0 Å². The van der Waals surface area contributed by atoms with Gasteiger partial charge in [0.05, 0.1) is 0 Å². The van der Waals surface area contributed by atoms with Gasteiger partial charge in [0, 0.05) is 29.7 Å². The first-order valence-electron chi connectivity index (χ1n) is 7.56. The molecule has 0 fully saturated rings. The van der Waals surface area contributed by atoms with Gasteiger partial charge in [-0.25, -0.2) is 9.37 Å². The number of nitrogens with zero attached hydrogens (tertiary/aromatic N) is 2. The molecule has 1 atom stereocenters. The molecule has 4 heteroatoms. The first-order valence-corrected chi connectivity index (χ1v) is 7.56. The molecule has 3 nitrogen and oxygen atoms in total. The molecule has 2 N–H and O–H groups in total. The van der Waals surface area contributed by atoms with E-state index in [2.05, 4.69) is 15.5 Å². The third-order valence-corrected chi connectivity index (χ3v) is 4.21. The van der Waals surface area contributed by atoms with E-state index < -0.39 is 0 Å². The van der Waals surface area contributed by atoms with Crippen LogP contribution in [0.4, 0.5) is 4.39 Å². The summed E-state index contributed by atoms with van der Waals surface area (Å²) in [6.45, 7) is 0. The van der Waals surface area contributed by atoms with Gasteiger partial charge in [-0.1, -0.05) is 24.3 Å². The van der Waals surface area contributed by atoms with Crippen molar-refractivity contribution in [3.63, 3.8) is 0 Å². The zero-order valence-electron chi connectivity index (χ0n) is 12.5. The highest BCUT2D eigenvalue weighted by atomic mass is 19.1. The number of rotatable bonds is 2. The average Bonchev–Trinajstić information content (AvgIpc) is 2.98. The predicted octanol–water partition coefficient (Wildman–Crippen LogP) is 4.03. The average molecular weight is 305 g/mol. The first kappa shape index (κ1) is 13.8. The van der Waals surface area contributed by atoms with Gasteiger partial charge in [0.2, 0.25) is 0 Å². The minimum absolute atomic E-state index is 0.229. The Bertz CT molecular complexity index is 919. The number of aromatic nitrogens is 2. The Balaban J connectivity index is 1.73. The standard InChI is InChI=1S/C19H16FN3/c20-16-6-4-13(5-7-16)14-8-9-23-18(12-22-19(23)11-14)15-2-1-3-17(21)10-15/h1-9,11-12,15H,10,21H2. The molecule has 3 aromatic rings. The van der Waals surface area contributed by atoms with Crippen LogP contribution < -0.4 is 5.73 Å². The number of benzene rings is 1. The molecule has 1 unspecified atom stereocenters. The van der Waals surface area contributed by atoms with E-state index >= 15 is 0 Å². The lowest BCUT2D eigenvalue weighted by Crippen LogP contribution is -2.08. The number of nitrogens with two attached hydrogens (primary N) is 1. The molecule has 0 amide bonds. The Kier molecular flexibility index (Phi) is 3.23. The second-order valence-corrected chi connectivity index (χ2v) is 5.77. The van der Waals surface area contributed by atoms with E-state index in [0.29, 0.717) is 0 Å². The maximum absolute atomic E-state index is 13.1. The van der Waals surface area contributed by atoms with E-state index in [1.807, 2.05) is 36.7 Å². The molecule has 2 aromatic heterocycles. The van der Waals surface area contributed by atoms with Gasteiger partial charge < -0.3 is 10.1 Å². The van der Waals surface area contributed by atoms with Crippen molar-refractivity contribution >= 4 is 5.65 Å². The van der Waals surface area contributed by atoms with E-state index in [9.17, 15) is 4.39 Å². The highest BCUT2D eigenvalue weighted by molar-refractivity contribution is 5.67. The van der Waals surface area contributed by atoms with Crippen molar-refractivity contribution in [2.75, 3.05) is 0 Å². The van der Waals surface area contributed by atoms with E-state index in [-0.39, 0.29) is 11.7 Å². The van der Waals surface area contributed by atoms with Gasteiger partial charge >= 0.3 is 0 Å². The van der Waals surface area contributed by atoms with Gasteiger partial charge in [-0.05, 0) is 47.9 Å². The summed E-state index contributed by atoms with van der Waals surface area (Å²) in [6.07, 6.45) is 10.8. The molecule has 0 radical (unpaired) electrons. The lowest BCUT2D eigenvalue weighted by Gasteiger charge is -2.16. The Hall–Kier alpha value is -2.88. The van der Waals surface area contributed by atoms with Crippen LogP contribution in [0.3, 0.4) is 0 Å². The molecule has 1 aromatic carbocycles. The summed E-state index contributed by atoms with van der Waals surface area (Å²) in [5.74, 6) is 0.0133. The van der Waals surface area contributed by atoms with Gasteiger partial charge in [-0.2, -0.15) is 0 Å². The molecular formula is C19H16FN3. The molecule has 1 aliphatic rings. The quantitative estimate of drug-likeness (QED) is 0.777. The number of halogens is 1. The molecule has 114 valence electrons. The van der Waals surface area contributed by atoms with Gasteiger partial charge in [-0.3, -0.25) is 0 Å². The van der Waals surface area contributed by atoms with Gasteiger partial charge in [0.1, 0.15) is 11.5 Å². The number of imidazole rings is 1. The fourth-order valence-corrected chi connectivity index (χ4v) is 3.00. The Morgan fingerprint density at radius 2 is 1.96 bits per heavy atom. The van der Waals surface area contributed by atoms with Crippen LogP contribution in [0.1, 0.15) is 18.0 Å². The Morgan fingerprint density at radius 3 is 2.74 bits per heavy atom. The monoisotopic (exact) mass is 305 g/mol. The SMILES string of the molecule is NC1=CC=CC(c2cnc3cc(-c4ccc(F)cc4)ccn23)C1. The minimum Gasteiger partial charge on any atom is -0.402 e. The van der Waals surface area contributed by atoms with Crippen LogP contribution in [0.2, 0.25) is 0 Å². The maximum Gasteiger partial charge on any atom is 0.137 e. The molecule has 23 heavy (non-hydrogen) atoms. The number of pyridine rings is 1. The van der Waals surface area contributed by atoms with Crippen LogP contribution in [0.15, 0.2) is 72.7 Å². The predicted molar refractivity (Wildman–Crippen MR) is 89.4 cm³/mol. The number of allylic oxidation sites excluding steroid dienone is 4. The van der Waals surface area contributed by atoms with Crippen LogP contribution in [-0.4, -0.2) is 9.38 Å². The summed E-state index contributed by atoms with van der Waals surface area (Å²) < 4.78 is 15.1. The first-order chi connectivity index (χ1) is 11.2. The summed E-state index contributed by atoms with van der Waals surface area (Å²) in [4.78, 5) is 4.52. The number of hydrogen-bond acceptors (Lipinski definition) is 2. The largest absolute Gasteiger partial charge is 0.402 e. The summed E-state index contributed by atoms with van der Waals surface area (Å²) >= 11 is 0. The normalized spacial score (nSPS) is 17.4. The second-order valence-electron chi connectivity index (χ2n) is 5.77. The minimum atomic E-state index is -0.229. The Labute approximate surface area is 133 Å². The molecule has 4 rings (SSSR count). The number of hydrogen-bond donors (Lipinski definition) is 1. The van der Waals surface area contributed by atoms with Crippen LogP contribution in [0.5, 0.6) is 0 Å². The van der Waals surface area contributed by atoms with Crippen LogP contribution >= 0.6 is 0 Å². The van der Waals surface area contributed by atoms with Crippen molar-refractivity contribution in [1.29, 1.82) is 0 Å². The summed E-state index contributed by atoms with van der Waals surface area (Å²) in [6, 6.07) is 10.5. The van der Waals surface area contributed by atoms with Crippen molar-refractivity contribution in [3.05, 3.63) is 84.2 Å². The lowest BCUT2D eigenvalue weighted by atomic mass is 9.95. The van der Waals surface area contributed by atoms with Crippen LogP contribution in [0.25, 0.3) is 16.8 Å². The third kappa shape index (κ3) is 2.52. The highest BCUT2D eigenvalue weighted by Gasteiger charge is 2.16. The maximum atomic E-state index is 13.1. The van der Waals surface area contributed by atoms with Crippen molar-refractivity contribution in [3.8, 4) is 11.1 Å². The molecule has 0 saturated carbocycles. The molecule has 0 saturated heterocycles. The van der Waals surface area contributed by atoms with Crippen molar-refractivity contribution < 1.29 is 4.39 Å². The summed E-state index contributed by atoms with van der Waals surface area (Å²) in [7, 11) is 0. The molecule has 0 spiro atoms. The zero-order valence-corrected chi connectivity index (χ0v) is 12.5. The van der Waals surface area contributed by atoms with Gasteiger partial charge in [-0.15, -0.1) is 0 Å². The summed E-state index contributed by atoms with van der Waals surface area (Å²) in [5, 5.41) is 0. The van der Waals surface area contributed by atoms with Crippen molar-refractivity contribution in [2.24, 2.45) is 5.73 Å². The molecule has 1 aliphatic carbocycles. The van der Waals surface area contributed by atoms with E-state index in [4.69, 9.17) is 5.73 Å². The van der Waals surface area contributed by atoms with E-state index in [0.717, 1.165) is 34.6 Å². The van der Waals surface area contributed by atoms with Crippen LogP contribution in [0, 0.1) is 5.82 Å². The highest BCUT2D eigenvalue weighted by Crippen LogP contribution is 2.28. The van der Waals surface area contributed by atoms with Crippen LogP contribution in [-0.2, 0) is 0 Å². The van der Waals surface area contributed by atoms with E-state index in [1.54, 1.807) is 12.1 Å². The van der Waals surface area contributed by atoms with Crippen molar-refractivity contribution in [1.82, 2.24) is 9.38 Å². The molecule has 0 bridgehead atoms. The Morgan fingerprint density at radius 1 is 1.13 bits per heavy atom. The smallest absolute Gasteiger partial charge is 0.137 e. The van der Waals surface area contributed by atoms with E-state index in [1.165, 1.54) is 12.1 Å². The second kappa shape index (κ2) is 5.39. The fourth-order valence-electron chi connectivity index (χ4n) is 3.00. The third-order valence-electron chi connectivity index (χ3n) is 4.21. The molecule has 0 aliphatic heterocycles. The molecular weight excluding hydrogens is 289 g/mol.